The van der Waals surface area contributed by atoms with Crippen LogP contribution in [-0.4, -0.2) is 86.2 Å². The number of rotatable bonds is 7. The standard InChI is InChI=1S/C28H37N7O3/c1-5-25(36)34-9-8-20(17-34)18-35-26(37)14-19(2)22-16-29-28(31-27(22)35)30-23-7-6-21(15-24(23)38-4)33-12-10-32(3)11-13-33/h5-7,14-16,20,28,30-31H,1,8-13,17-18H2,2-4H3. The number of aliphatic imine (C=N–C) groups is 1. The van der Waals surface area contributed by atoms with Crippen LogP contribution in [0.15, 0.2) is 46.7 Å². The highest BCUT2D eigenvalue weighted by Gasteiger charge is 2.28. The van der Waals surface area contributed by atoms with E-state index in [1.807, 2.05) is 19.2 Å². The summed E-state index contributed by atoms with van der Waals surface area (Å²) in [6.45, 7) is 11.4. The number of aromatic nitrogens is 1. The molecule has 5 rings (SSSR count). The van der Waals surface area contributed by atoms with Gasteiger partial charge in [-0.2, -0.15) is 0 Å². The van der Waals surface area contributed by atoms with Crippen LogP contribution in [0, 0.1) is 12.8 Å². The summed E-state index contributed by atoms with van der Waals surface area (Å²) in [7, 11) is 3.82. The quantitative estimate of drug-likeness (QED) is 0.542. The van der Waals surface area contributed by atoms with Gasteiger partial charge in [0.1, 0.15) is 11.6 Å². The Morgan fingerprint density at radius 2 is 2.03 bits per heavy atom. The maximum atomic E-state index is 13.1. The summed E-state index contributed by atoms with van der Waals surface area (Å²) in [6.07, 6.45) is 3.55. The lowest BCUT2D eigenvalue weighted by Crippen LogP contribution is -2.44. The third-order valence-electron chi connectivity index (χ3n) is 7.74. The number of likely N-dealkylation sites (N-methyl/N-ethyl adjacent to an activating group) is 1. The second kappa shape index (κ2) is 10.9. The lowest BCUT2D eigenvalue weighted by molar-refractivity contribution is -0.125. The first kappa shape index (κ1) is 25.8. The molecular weight excluding hydrogens is 482 g/mol. The van der Waals surface area contributed by atoms with Crippen molar-refractivity contribution in [3.05, 3.63) is 58.4 Å². The molecule has 38 heavy (non-hydrogen) atoms. The topological polar surface area (TPSA) is 94.4 Å². The van der Waals surface area contributed by atoms with E-state index in [0.717, 1.165) is 66.7 Å². The molecule has 3 aliphatic heterocycles. The number of benzene rings is 1. The molecular formula is C28H37N7O3. The van der Waals surface area contributed by atoms with Gasteiger partial charge in [-0.3, -0.25) is 14.2 Å². The van der Waals surface area contributed by atoms with E-state index in [2.05, 4.69) is 51.2 Å². The molecule has 2 aromatic rings. The highest BCUT2D eigenvalue weighted by molar-refractivity contribution is 5.90. The SMILES string of the molecule is C=CC(=O)N1CCC(Cn2c3c(c(C)cc2=O)C=NC(Nc2ccc(N4CCN(C)CC4)cc2OC)N3)C1. The maximum Gasteiger partial charge on any atom is 0.252 e. The molecule has 1 aromatic heterocycles. The van der Waals surface area contributed by atoms with Crippen LogP contribution in [0.25, 0.3) is 0 Å². The van der Waals surface area contributed by atoms with Gasteiger partial charge in [0.25, 0.3) is 5.56 Å². The lowest BCUT2D eigenvalue weighted by atomic mass is 10.1. The van der Waals surface area contributed by atoms with Gasteiger partial charge in [-0.15, -0.1) is 0 Å². The van der Waals surface area contributed by atoms with Crippen LogP contribution >= 0.6 is 0 Å². The number of amides is 1. The zero-order chi connectivity index (χ0) is 26.8. The number of piperazine rings is 1. The Balaban J connectivity index is 1.34. The zero-order valence-corrected chi connectivity index (χ0v) is 22.4. The van der Waals surface area contributed by atoms with Crippen molar-refractivity contribution in [3.8, 4) is 5.75 Å². The molecule has 1 aromatic carbocycles. The van der Waals surface area contributed by atoms with E-state index in [-0.39, 0.29) is 17.4 Å². The molecule has 2 N–H and O–H groups in total. The highest BCUT2D eigenvalue weighted by atomic mass is 16.5. The average molecular weight is 520 g/mol. The fourth-order valence-corrected chi connectivity index (χ4v) is 5.45. The number of likely N-dealkylation sites (tertiary alicyclic amines) is 1. The van der Waals surface area contributed by atoms with Gasteiger partial charge < -0.3 is 30.1 Å². The van der Waals surface area contributed by atoms with Crippen molar-refractivity contribution < 1.29 is 9.53 Å². The van der Waals surface area contributed by atoms with E-state index in [0.29, 0.717) is 19.6 Å². The number of pyridine rings is 1. The largest absolute Gasteiger partial charge is 0.495 e. The van der Waals surface area contributed by atoms with E-state index in [9.17, 15) is 9.59 Å². The maximum absolute atomic E-state index is 13.1. The van der Waals surface area contributed by atoms with Crippen molar-refractivity contribution >= 4 is 29.3 Å². The fraction of sp³-hybridized carbons (Fsp3) is 0.464. The molecule has 0 aliphatic carbocycles. The predicted octanol–water partition coefficient (Wildman–Crippen LogP) is 2.19. The number of carbonyl (C=O) groups excluding carboxylic acids is 1. The number of ether oxygens (including phenoxy) is 1. The summed E-state index contributed by atoms with van der Waals surface area (Å²) in [4.78, 5) is 36.3. The Morgan fingerprint density at radius 1 is 1.24 bits per heavy atom. The first-order valence-corrected chi connectivity index (χ1v) is 13.2. The second-order valence-corrected chi connectivity index (χ2v) is 10.3. The molecule has 2 fully saturated rings. The number of nitrogens with zero attached hydrogens (tertiary/aromatic N) is 5. The predicted molar refractivity (Wildman–Crippen MR) is 152 cm³/mol. The number of methoxy groups -OCH3 is 1. The number of fused-ring (bicyclic) bond motifs is 1. The molecule has 1 amide bonds. The van der Waals surface area contributed by atoms with Crippen LogP contribution in [0.5, 0.6) is 5.75 Å². The minimum absolute atomic E-state index is 0.0621. The number of anilines is 3. The number of carbonyl (C=O) groups is 1. The molecule has 0 spiro atoms. The summed E-state index contributed by atoms with van der Waals surface area (Å²) in [5.41, 5.74) is 3.66. The molecule has 202 valence electrons. The summed E-state index contributed by atoms with van der Waals surface area (Å²) >= 11 is 0. The smallest absolute Gasteiger partial charge is 0.252 e. The van der Waals surface area contributed by atoms with E-state index < -0.39 is 6.29 Å². The second-order valence-electron chi connectivity index (χ2n) is 10.3. The van der Waals surface area contributed by atoms with E-state index >= 15 is 0 Å². The Morgan fingerprint density at radius 3 is 2.76 bits per heavy atom. The molecule has 10 nitrogen and oxygen atoms in total. The Bertz CT molecular complexity index is 1300. The summed E-state index contributed by atoms with van der Waals surface area (Å²) < 4.78 is 7.50. The van der Waals surface area contributed by atoms with Crippen molar-refractivity contribution in [2.75, 3.05) is 69.0 Å². The van der Waals surface area contributed by atoms with Gasteiger partial charge in [0.15, 0.2) is 6.29 Å². The van der Waals surface area contributed by atoms with Gasteiger partial charge in [0, 0.05) is 75.4 Å². The molecule has 0 saturated carbocycles. The molecule has 3 aliphatic rings. The molecule has 2 atom stereocenters. The van der Waals surface area contributed by atoms with Crippen molar-refractivity contribution in [3.63, 3.8) is 0 Å². The van der Waals surface area contributed by atoms with Crippen LogP contribution in [0.3, 0.4) is 0 Å². The van der Waals surface area contributed by atoms with Gasteiger partial charge in [0.05, 0.1) is 12.8 Å². The zero-order valence-electron chi connectivity index (χ0n) is 22.4. The third-order valence-corrected chi connectivity index (χ3v) is 7.74. The minimum Gasteiger partial charge on any atom is -0.495 e. The fourth-order valence-electron chi connectivity index (χ4n) is 5.45. The van der Waals surface area contributed by atoms with Crippen molar-refractivity contribution in [1.82, 2.24) is 14.4 Å². The van der Waals surface area contributed by atoms with Crippen molar-refractivity contribution in [2.24, 2.45) is 10.9 Å². The lowest BCUT2D eigenvalue weighted by Gasteiger charge is -2.34. The van der Waals surface area contributed by atoms with Crippen LogP contribution in [0.1, 0.15) is 17.5 Å². The number of nitrogens with one attached hydrogen (secondary N) is 2. The van der Waals surface area contributed by atoms with E-state index in [4.69, 9.17) is 4.74 Å². The Hall–Kier alpha value is -3.79. The van der Waals surface area contributed by atoms with E-state index in [1.54, 1.807) is 22.6 Å². The Kier molecular flexibility index (Phi) is 7.42. The monoisotopic (exact) mass is 519 g/mol. The van der Waals surface area contributed by atoms with Gasteiger partial charge in [-0.25, -0.2) is 4.99 Å². The molecule has 2 saturated heterocycles. The summed E-state index contributed by atoms with van der Waals surface area (Å²) in [5.74, 6) is 1.61. The molecule has 10 heteroatoms. The van der Waals surface area contributed by atoms with Gasteiger partial charge >= 0.3 is 0 Å². The number of aryl methyl sites for hydroxylation is 1. The third kappa shape index (κ3) is 5.26. The van der Waals surface area contributed by atoms with Crippen molar-refractivity contribution in [2.45, 2.75) is 26.2 Å². The highest BCUT2D eigenvalue weighted by Crippen LogP contribution is 2.32. The summed E-state index contributed by atoms with van der Waals surface area (Å²) in [6, 6.07) is 7.84. The first-order valence-electron chi connectivity index (χ1n) is 13.2. The van der Waals surface area contributed by atoms with Crippen LogP contribution in [0.4, 0.5) is 17.2 Å². The molecule has 4 heterocycles. The van der Waals surface area contributed by atoms with E-state index in [1.165, 1.54) is 6.08 Å². The normalized spacial score (nSPS) is 21.1. The van der Waals surface area contributed by atoms with Gasteiger partial charge in [0.2, 0.25) is 5.91 Å². The average Bonchev–Trinajstić information content (AvgIpc) is 3.40. The molecule has 0 bridgehead atoms. The van der Waals surface area contributed by atoms with Crippen LogP contribution in [-0.2, 0) is 11.3 Å². The van der Waals surface area contributed by atoms with Crippen LogP contribution < -0.4 is 25.8 Å². The number of hydrogen-bond acceptors (Lipinski definition) is 8. The summed E-state index contributed by atoms with van der Waals surface area (Å²) in [5, 5.41) is 6.86. The van der Waals surface area contributed by atoms with Gasteiger partial charge in [-0.05, 0) is 50.1 Å². The number of hydrogen-bond donors (Lipinski definition) is 2. The molecule has 0 radical (unpaired) electrons. The first-order chi connectivity index (χ1) is 18.4. The van der Waals surface area contributed by atoms with Crippen molar-refractivity contribution in [1.29, 1.82) is 0 Å². The minimum atomic E-state index is -0.472. The van der Waals surface area contributed by atoms with Crippen LogP contribution in [0.2, 0.25) is 0 Å². The molecule has 2 unspecified atom stereocenters. The van der Waals surface area contributed by atoms with Gasteiger partial charge in [-0.1, -0.05) is 6.58 Å². The Labute approximate surface area is 223 Å².